The lowest BCUT2D eigenvalue weighted by Crippen LogP contribution is -2.50. The van der Waals surface area contributed by atoms with E-state index < -0.39 is 0 Å². The Hall–Kier alpha value is -0.260. The fourth-order valence-corrected chi connectivity index (χ4v) is 9.96. The van der Waals surface area contributed by atoms with Crippen LogP contribution in [-0.2, 0) is 0 Å². The summed E-state index contributed by atoms with van der Waals surface area (Å²) >= 11 is 0. The van der Waals surface area contributed by atoms with Gasteiger partial charge in [-0.15, -0.1) is 0 Å². The summed E-state index contributed by atoms with van der Waals surface area (Å²) < 4.78 is 0. The number of allylic oxidation sites excluding steroid dienone is 2. The molecule has 0 amide bonds. The largest absolute Gasteiger partial charge is 0.0845 e. The highest BCUT2D eigenvalue weighted by molar-refractivity contribution is 5.24. The van der Waals surface area contributed by atoms with E-state index in [-0.39, 0.29) is 0 Å². The molecule has 4 fully saturated rings. The lowest BCUT2D eigenvalue weighted by Gasteiger charge is -2.58. The first kappa shape index (κ1) is 20.6. The zero-order valence-electron chi connectivity index (χ0n) is 19.9. The molecule has 164 valence electrons. The molecule has 0 aliphatic heterocycles. The fraction of sp³-hybridized carbons (Fsp3) is 0.931. The van der Waals surface area contributed by atoms with E-state index in [0.29, 0.717) is 10.8 Å². The van der Waals surface area contributed by atoms with Crippen molar-refractivity contribution in [1.82, 2.24) is 0 Å². The first-order valence-corrected chi connectivity index (χ1v) is 13.7. The van der Waals surface area contributed by atoms with Gasteiger partial charge in [0.05, 0.1) is 0 Å². The lowest BCUT2D eigenvalue weighted by molar-refractivity contribution is -0.0510. The Balaban J connectivity index is 1.31. The van der Waals surface area contributed by atoms with Gasteiger partial charge in [-0.3, -0.25) is 0 Å². The molecule has 7 atom stereocenters. The molecule has 0 aromatic carbocycles. The van der Waals surface area contributed by atoms with E-state index in [1.807, 2.05) is 5.57 Å². The van der Waals surface area contributed by atoms with Gasteiger partial charge < -0.3 is 0 Å². The van der Waals surface area contributed by atoms with Gasteiger partial charge >= 0.3 is 0 Å². The molecule has 0 N–H and O–H groups in total. The highest BCUT2D eigenvalue weighted by atomic mass is 14.6. The van der Waals surface area contributed by atoms with Crippen LogP contribution in [0.4, 0.5) is 0 Å². The molecule has 0 saturated heterocycles. The monoisotopic (exact) mass is 396 g/mol. The van der Waals surface area contributed by atoms with Crippen LogP contribution in [0.15, 0.2) is 11.6 Å². The Morgan fingerprint density at radius 1 is 0.862 bits per heavy atom. The minimum absolute atomic E-state index is 0.576. The van der Waals surface area contributed by atoms with E-state index >= 15 is 0 Å². The minimum Gasteiger partial charge on any atom is -0.0845 e. The lowest BCUT2D eigenvalue weighted by atomic mass is 9.47. The van der Waals surface area contributed by atoms with Crippen molar-refractivity contribution in [2.24, 2.45) is 46.3 Å². The average Bonchev–Trinajstić information content (AvgIpc) is 2.87. The van der Waals surface area contributed by atoms with Gasteiger partial charge in [-0.25, -0.2) is 0 Å². The van der Waals surface area contributed by atoms with E-state index in [1.165, 1.54) is 77.0 Å². The average molecular weight is 397 g/mol. The molecule has 4 saturated carbocycles. The summed E-state index contributed by atoms with van der Waals surface area (Å²) in [7, 11) is 0. The summed E-state index contributed by atoms with van der Waals surface area (Å²) in [6.45, 7) is 8.10. The quantitative estimate of drug-likeness (QED) is 0.330. The zero-order valence-corrected chi connectivity index (χ0v) is 19.9. The van der Waals surface area contributed by atoms with E-state index in [9.17, 15) is 0 Å². The summed E-state index contributed by atoms with van der Waals surface area (Å²) in [5.41, 5.74) is 3.11. The Morgan fingerprint density at radius 3 is 2.45 bits per heavy atom. The van der Waals surface area contributed by atoms with Gasteiger partial charge in [0.2, 0.25) is 0 Å². The predicted molar refractivity (Wildman–Crippen MR) is 125 cm³/mol. The third kappa shape index (κ3) is 3.47. The van der Waals surface area contributed by atoms with Crippen LogP contribution in [-0.4, -0.2) is 0 Å². The summed E-state index contributed by atoms with van der Waals surface area (Å²) in [6, 6.07) is 0. The maximum absolute atomic E-state index is 2.76. The third-order valence-electron chi connectivity index (χ3n) is 11.5. The Kier molecular flexibility index (Phi) is 5.70. The molecule has 5 aliphatic carbocycles. The Morgan fingerprint density at radius 2 is 1.66 bits per heavy atom. The van der Waals surface area contributed by atoms with E-state index in [2.05, 4.69) is 26.8 Å². The van der Waals surface area contributed by atoms with Gasteiger partial charge in [0, 0.05) is 0 Å². The minimum atomic E-state index is 0.576. The first-order valence-electron chi connectivity index (χ1n) is 13.7. The SMILES string of the molecule is CC(CC1CCCCCC1)C1CCC2C3CC=C4CCCCC4(C)C3CCC12C. The second-order valence-electron chi connectivity index (χ2n) is 12.8. The maximum Gasteiger partial charge on any atom is -0.00853 e. The van der Waals surface area contributed by atoms with Crippen LogP contribution in [0.1, 0.15) is 124 Å². The van der Waals surface area contributed by atoms with E-state index in [1.54, 1.807) is 25.7 Å². The van der Waals surface area contributed by atoms with E-state index in [0.717, 1.165) is 35.5 Å². The van der Waals surface area contributed by atoms with Crippen molar-refractivity contribution in [2.75, 3.05) is 0 Å². The molecule has 0 aromatic heterocycles. The Bertz CT molecular complexity index is 608. The maximum atomic E-state index is 2.76. The molecule has 5 aliphatic rings. The first-order chi connectivity index (χ1) is 14.0. The number of hydrogen-bond donors (Lipinski definition) is 0. The van der Waals surface area contributed by atoms with Crippen molar-refractivity contribution < 1.29 is 0 Å². The van der Waals surface area contributed by atoms with Gasteiger partial charge in [0.15, 0.2) is 0 Å². The van der Waals surface area contributed by atoms with Crippen LogP contribution in [0.25, 0.3) is 0 Å². The normalized spacial score (nSPS) is 46.8. The summed E-state index contributed by atoms with van der Waals surface area (Å²) in [5.74, 6) is 6.07. The van der Waals surface area contributed by atoms with Gasteiger partial charge in [-0.1, -0.05) is 77.4 Å². The predicted octanol–water partition coefficient (Wildman–Crippen LogP) is 8.95. The molecule has 7 unspecified atom stereocenters. The van der Waals surface area contributed by atoms with Crippen LogP contribution in [0, 0.1) is 46.3 Å². The highest BCUT2D eigenvalue weighted by Gasteiger charge is 2.58. The van der Waals surface area contributed by atoms with E-state index in [4.69, 9.17) is 0 Å². The molecule has 0 heteroatoms. The number of rotatable bonds is 3. The molecule has 0 aromatic rings. The van der Waals surface area contributed by atoms with Crippen molar-refractivity contribution in [3.8, 4) is 0 Å². The van der Waals surface area contributed by atoms with Crippen LogP contribution < -0.4 is 0 Å². The second kappa shape index (κ2) is 8.02. The van der Waals surface area contributed by atoms with Crippen molar-refractivity contribution in [2.45, 2.75) is 124 Å². The number of hydrogen-bond acceptors (Lipinski definition) is 0. The molecule has 0 radical (unpaired) electrons. The van der Waals surface area contributed by atoms with Crippen molar-refractivity contribution in [3.63, 3.8) is 0 Å². The summed E-state index contributed by atoms with van der Waals surface area (Å²) in [6.07, 6.45) is 26.9. The summed E-state index contributed by atoms with van der Waals surface area (Å²) in [4.78, 5) is 0. The van der Waals surface area contributed by atoms with Crippen LogP contribution >= 0.6 is 0 Å². The molecule has 5 rings (SSSR count). The van der Waals surface area contributed by atoms with Crippen LogP contribution in [0.2, 0.25) is 0 Å². The highest BCUT2D eigenvalue weighted by Crippen LogP contribution is 2.67. The third-order valence-corrected chi connectivity index (χ3v) is 11.5. The zero-order chi connectivity index (χ0) is 20.1. The topological polar surface area (TPSA) is 0 Å². The van der Waals surface area contributed by atoms with Crippen LogP contribution in [0.3, 0.4) is 0 Å². The second-order valence-corrected chi connectivity index (χ2v) is 12.8. The molecule has 0 heterocycles. The standard InChI is InChI=1S/C29H48/c1-21(20-22-10-6-4-5-7-11-22)25-15-16-26-24-14-13-23-12-8-9-18-28(23,2)27(24)17-19-29(25,26)3/h13,21-22,24-27H,4-12,14-20H2,1-3H3. The molecular weight excluding hydrogens is 348 g/mol. The molecular formula is C29H48. The van der Waals surface area contributed by atoms with Gasteiger partial charge in [0.25, 0.3) is 0 Å². The van der Waals surface area contributed by atoms with Crippen molar-refractivity contribution in [3.05, 3.63) is 11.6 Å². The van der Waals surface area contributed by atoms with Gasteiger partial charge in [-0.2, -0.15) is 0 Å². The smallest absolute Gasteiger partial charge is 0.00853 e. The van der Waals surface area contributed by atoms with Gasteiger partial charge in [-0.05, 0) is 104 Å². The van der Waals surface area contributed by atoms with Crippen molar-refractivity contribution in [1.29, 1.82) is 0 Å². The fourth-order valence-electron chi connectivity index (χ4n) is 9.96. The number of fused-ring (bicyclic) bond motifs is 5. The molecule has 0 spiro atoms. The molecule has 0 bridgehead atoms. The van der Waals surface area contributed by atoms with Crippen molar-refractivity contribution >= 4 is 0 Å². The molecule has 0 nitrogen and oxygen atoms in total. The van der Waals surface area contributed by atoms with Crippen LogP contribution in [0.5, 0.6) is 0 Å². The Labute approximate surface area is 181 Å². The van der Waals surface area contributed by atoms with Gasteiger partial charge in [0.1, 0.15) is 0 Å². The molecule has 29 heavy (non-hydrogen) atoms. The summed E-state index contributed by atoms with van der Waals surface area (Å²) in [5, 5.41) is 0.